The zero-order valence-electron chi connectivity index (χ0n) is 5.76. The predicted molar refractivity (Wildman–Crippen MR) is 38.2 cm³/mol. The Hall–Kier alpha value is -1.10. The third kappa shape index (κ3) is 3.48. The minimum atomic E-state index is 0.500. The molecule has 0 radical (unpaired) electrons. The molecule has 48 valence electrons. The SMILES string of the molecule is CC=N/C(C#N)=C\CC. The molecule has 0 aromatic carbocycles. The second-order valence-electron chi connectivity index (χ2n) is 1.50. The zero-order valence-corrected chi connectivity index (χ0v) is 5.76. The van der Waals surface area contributed by atoms with Crippen LogP contribution in [0.5, 0.6) is 0 Å². The Balaban J connectivity index is 4.02. The van der Waals surface area contributed by atoms with Crippen molar-refractivity contribution in [2.45, 2.75) is 20.3 Å². The fraction of sp³-hybridized carbons (Fsp3) is 0.429. The van der Waals surface area contributed by atoms with Crippen molar-refractivity contribution in [2.75, 3.05) is 0 Å². The quantitative estimate of drug-likeness (QED) is 0.407. The van der Waals surface area contributed by atoms with Crippen LogP contribution in [0.25, 0.3) is 0 Å². The van der Waals surface area contributed by atoms with Crippen molar-refractivity contribution < 1.29 is 0 Å². The molecule has 2 nitrogen and oxygen atoms in total. The standard InChI is InChI=1S/C7H10N2/c1-3-5-7(6-8)9-4-2/h4-5H,3H2,1-2H3/b7-5-,9-4?. The van der Waals surface area contributed by atoms with Gasteiger partial charge in [-0.3, -0.25) is 4.99 Å². The van der Waals surface area contributed by atoms with E-state index in [1.165, 1.54) is 0 Å². The molecule has 0 spiro atoms. The van der Waals surface area contributed by atoms with Crippen LogP contribution in [0, 0.1) is 11.3 Å². The number of hydrogen-bond donors (Lipinski definition) is 0. The van der Waals surface area contributed by atoms with Gasteiger partial charge in [-0.2, -0.15) is 5.26 Å². The normalized spacial score (nSPS) is 11.9. The summed E-state index contributed by atoms with van der Waals surface area (Å²) in [5.74, 6) is 0. The van der Waals surface area contributed by atoms with E-state index in [1.54, 1.807) is 19.2 Å². The molecule has 0 saturated carbocycles. The maximum Gasteiger partial charge on any atom is 0.136 e. The molecular weight excluding hydrogens is 112 g/mol. The smallest absolute Gasteiger partial charge is 0.136 e. The molecule has 2 heteroatoms. The Morgan fingerprint density at radius 3 is 2.78 bits per heavy atom. The van der Waals surface area contributed by atoms with E-state index in [0.29, 0.717) is 5.70 Å². The Morgan fingerprint density at radius 2 is 2.44 bits per heavy atom. The highest BCUT2D eigenvalue weighted by atomic mass is 14.7. The van der Waals surface area contributed by atoms with Gasteiger partial charge in [0.1, 0.15) is 11.8 Å². The van der Waals surface area contributed by atoms with Crippen molar-refractivity contribution in [2.24, 2.45) is 4.99 Å². The monoisotopic (exact) mass is 122 g/mol. The van der Waals surface area contributed by atoms with Gasteiger partial charge in [0.2, 0.25) is 0 Å². The van der Waals surface area contributed by atoms with Gasteiger partial charge in [0.25, 0.3) is 0 Å². The highest BCUT2D eigenvalue weighted by molar-refractivity contribution is 5.56. The lowest BCUT2D eigenvalue weighted by atomic mass is 10.4. The fourth-order valence-corrected chi connectivity index (χ4v) is 0.460. The first-order valence-electron chi connectivity index (χ1n) is 2.94. The Labute approximate surface area is 55.5 Å². The van der Waals surface area contributed by atoms with Gasteiger partial charge in [-0.25, -0.2) is 0 Å². The first-order valence-corrected chi connectivity index (χ1v) is 2.94. The number of allylic oxidation sites excluding steroid dienone is 2. The fourth-order valence-electron chi connectivity index (χ4n) is 0.460. The van der Waals surface area contributed by atoms with Crippen LogP contribution in [0.1, 0.15) is 20.3 Å². The highest BCUT2D eigenvalue weighted by Gasteiger charge is 1.83. The second-order valence-corrected chi connectivity index (χ2v) is 1.50. The third-order valence-electron chi connectivity index (χ3n) is 0.780. The molecule has 0 aliphatic rings. The van der Waals surface area contributed by atoms with Gasteiger partial charge >= 0.3 is 0 Å². The first-order chi connectivity index (χ1) is 4.35. The first kappa shape index (κ1) is 7.90. The van der Waals surface area contributed by atoms with E-state index in [0.717, 1.165) is 6.42 Å². The molecule has 0 rings (SSSR count). The molecule has 0 heterocycles. The molecule has 0 bridgehead atoms. The van der Waals surface area contributed by atoms with Crippen molar-refractivity contribution in [3.8, 4) is 6.07 Å². The number of hydrogen-bond acceptors (Lipinski definition) is 2. The van der Waals surface area contributed by atoms with Crippen LogP contribution >= 0.6 is 0 Å². The van der Waals surface area contributed by atoms with Crippen molar-refractivity contribution in [1.29, 1.82) is 5.26 Å². The molecule has 0 unspecified atom stereocenters. The van der Waals surface area contributed by atoms with Crippen LogP contribution in [0.3, 0.4) is 0 Å². The molecule has 0 atom stereocenters. The number of nitrogens with zero attached hydrogens (tertiary/aromatic N) is 2. The lowest BCUT2D eigenvalue weighted by Gasteiger charge is -1.82. The molecule has 0 amide bonds. The Bertz CT molecular complexity index is 160. The van der Waals surface area contributed by atoms with Crippen LogP contribution in [0.15, 0.2) is 16.8 Å². The number of nitriles is 1. The van der Waals surface area contributed by atoms with Crippen molar-refractivity contribution >= 4 is 6.21 Å². The molecule has 0 aliphatic heterocycles. The van der Waals surface area contributed by atoms with E-state index in [4.69, 9.17) is 5.26 Å². The maximum atomic E-state index is 8.36. The Morgan fingerprint density at radius 1 is 1.78 bits per heavy atom. The van der Waals surface area contributed by atoms with E-state index >= 15 is 0 Å². The van der Waals surface area contributed by atoms with Crippen LogP contribution in [-0.2, 0) is 0 Å². The third-order valence-corrected chi connectivity index (χ3v) is 0.780. The summed E-state index contributed by atoms with van der Waals surface area (Å²) in [7, 11) is 0. The van der Waals surface area contributed by atoms with Gasteiger partial charge in [0.05, 0.1) is 0 Å². The topological polar surface area (TPSA) is 36.1 Å². The van der Waals surface area contributed by atoms with Gasteiger partial charge < -0.3 is 0 Å². The minimum Gasteiger partial charge on any atom is -0.251 e. The molecule has 0 saturated heterocycles. The zero-order chi connectivity index (χ0) is 7.11. The summed E-state index contributed by atoms with van der Waals surface area (Å²) >= 11 is 0. The van der Waals surface area contributed by atoms with Crippen molar-refractivity contribution in [3.05, 3.63) is 11.8 Å². The lowest BCUT2D eigenvalue weighted by molar-refractivity contribution is 1.19. The Kier molecular flexibility index (Phi) is 4.43. The van der Waals surface area contributed by atoms with Crippen LogP contribution in [0.2, 0.25) is 0 Å². The van der Waals surface area contributed by atoms with Gasteiger partial charge in [0, 0.05) is 6.21 Å². The van der Waals surface area contributed by atoms with Crippen molar-refractivity contribution in [3.63, 3.8) is 0 Å². The van der Waals surface area contributed by atoms with Gasteiger partial charge in [-0.15, -0.1) is 0 Å². The molecule has 0 fully saturated rings. The minimum absolute atomic E-state index is 0.500. The molecule has 0 aromatic rings. The largest absolute Gasteiger partial charge is 0.251 e. The molecule has 0 aliphatic carbocycles. The molecule has 0 N–H and O–H groups in total. The summed E-state index contributed by atoms with van der Waals surface area (Å²) in [5, 5.41) is 8.36. The van der Waals surface area contributed by atoms with E-state index in [-0.39, 0.29) is 0 Å². The van der Waals surface area contributed by atoms with Crippen molar-refractivity contribution in [1.82, 2.24) is 0 Å². The van der Waals surface area contributed by atoms with E-state index < -0.39 is 0 Å². The lowest BCUT2D eigenvalue weighted by Crippen LogP contribution is -1.71. The summed E-state index contributed by atoms with van der Waals surface area (Å²) in [6, 6.07) is 1.97. The van der Waals surface area contributed by atoms with Gasteiger partial charge in [-0.1, -0.05) is 6.92 Å². The van der Waals surface area contributed by atoms with Crippen LogP contribution in [-0.4, -0.2) is 6.21 Å². The van der Waals surface area contributed by atoms with E-state index in [2.05, 4.69) is 4.99 Å². The number of rotatable bonds is 2. The van der Waals surface area contributed by atoms with Gasteiger partial charge in [0.15, 0.2) is 0 Å². The molecule has 9 heavy (non-hydrogen) atoms. The second kappa shape index (κ2) is 5.04. The van der Waals surface area contributed by atoms with E-state index in [9.17, 15) is 0 Å². The summed E-state index contributed by atoms with van der Waals surface area (Å²) < 4.78 is 0. The van der Waals surface area contributed by atoms with Gasteiger partial charge in [-0.05, 0) is 19.4 Å². The summed E-state index contributed by atoms with van der Waals surface area (Å²) in [4.78, 5) is 3.81. The van der Waals surface area contributed by atoms with E-state index in [1.807, 2.05) is 13.0 Å². The van der Waals surface area contributed by atoms with Crippen LogP contribution in [0.4, 0.5) is 0 Å². The molecular formula is C7H10N2. The summed E-state index contributed by atoms with van der Waals surface area (Å²) in [6.07, 6.45) is 4.27. The predicted octanol–water partition coefficient (Wildman–Crippen LogP) is 1.89. The summed E-state index contributed by atoms with van der Waals surface area (Å²) in [6.45, 7) is 3.77. The number of aliphatic imine (C=N–C) groups is 1. The van der Waals surface area contributed by atoms with Crippen LogP contribution < -0.4 is 0 Å². The highest BCUT2D eigenvalue weighted by Crippen LogP contribution is 1.94. The molecule has 0 aromatic heterocycles. The average molecular weight is 122 g/mol. The summed E-state index contributed by atoms with van der Waals surface area (Å²) in [5.41, 5.74) is 0.500. The average Bonchev–Trinajstić information content (AvgIpc) is 1.88. The maximum absolute atomic E-state index is 8.36.